The van der Waals surface area contributed by atoms with Crippen molar-refractivity contribution in [2.24, 2.45) is 0 Å². The average molecular weight is 693 g/mol. The Labute approximate surface area is 246 Å². The van der Waals surface area contributed by atoms with Crippen molar-refractivity contribution >= 4 is 86.4 Å². The van der Waals surface area contributed by atoms with Crippen LogP contribution < -0.4 is 9.47 Å². The van der Waals surface area contributed by atoms with Crippen molar-refractivity contribution in [1.82, 2.24) is 4.90 Å². The van der Waals surface area contributed by atoms with Crippen LogP contribution in [-0.4, -0.2) is 22.7 Å². The minimum Gasteiger partial charge on any atom is -0.490 e. The molecule has 0 bridgehead atoms. The molecule has 0 N–H and O–H groups in total. The summed E-state index contributed by atoms with van der Waals surface area (Å²) in [6, 6.07) is 12.9. The zero-order valence-corrected chi connectivity index (χ0v) is 24.4. The van der Waals surface area contributed by atoms with Crippen LogP contribution in [0.4, 0.5) is 9.18 Å². The van der Waals surface area contributed by atoms with Gasteiger partial charge in [0, 0.05) is 26.2 Å². The number of carbonyl (C=O) groups excluding carboxylic acids is 2. The van der Waals surface area contributed by atoms with Crippen LogP contribution in [0.15, 0.2) is 53.4 Å². The lowest BCUT2D eigenvalue weighted by atomic mass is 10.1. The molecule has 4 rings (SSSR count). The van der Waals surface area contributed by atoms with E-state index in [1.807, 2.05) is 13.0 Å². The number of carbonyl (C=O) groups is 2. The molecular formula is C26H18Cl3FINO4S. The van der Waals surface area contributed by atoms with Gasteiger partial charge in [-0.3, -0.25) is 14.5 Å². The summed E-state index contributed by atoms with van der Waals surface area (Å²) >= 11 is 21.2. The van der Waals surface area contributed by atoms with Gasteiger partial charge in [-0.1, -0.05) is 46.9 Å². The maximum absolute atomic E-state index is 14.2. The first kappa shape index (κ1) is 28.0. The number of nitrogens with zero attached hydrogens (tertiary/aromatic N) is 1. The summed E-state index contributed by atoms with van der Waals surface area (Å²) in [6.45, 7) is 2.17. The first-order valence-corrected chi connectivity index (χ1v) is 13.9. The molecule has 0 aromatic heterocycles. The standard InChI is InChI=1S/C26H18Cl3FINO4S/c1-2-35-22-9-14(8-21(31)24(22)36-13-15-6-7-16(27)11-19(15)29)10-23-25(33)32(26(34)37-23)12-17-18(28)4-3-5-20(17)30/h3-11H,2,12-13H2,1H3/b23-10+. The Morgan fingerprint density at radius 3 is 2.54 bits per heavy atom. The Hall–Kier alpha value is -1.98. The maximum Gasteiger partial charge on any atom is 0.293 e. The van der Waals surface area contributed by atoms with Crippen LogP contribution in [0.1, 0.15) is 23.6 Å². The van der Waals surface area contributed by atoms with Crippen LogP contribution in [0.2, 0.25) is 15.1 Å². The van der Waals surface area contributed by atoms with Gasteiger partial charge in [-0.2, -0.15) is 0 Å². The van der Waals surface area contributed by atoms with E-state index in [1.54, 1.807) is 30.3 Å². The zero-order chi connectivity index (χ0) is 26.7. The van der Waals surface area contributed by atoms with Crippen LogP contribution in [0.3, 0.4) is 0 Å². The topological polar surface area (TPSA) is 55.8 Å². The first-order chi connectivity index (χ1) is 17.7. The molecule has 0 saturated carbocycles. The van der Waals surface area contributed by atoms with E-state index in [-0.39, 0.29) is 28.6 Å². The summed E-state index contributed by atoms with van der Waals surface area (Å²) in [7, 11) is 0. The molecule has 1 fully saturated rings. The molecule has 192 valence electrons. The summed E-state index contributed by atoms with van der Waals surface area (Å²) in [6.07, 6.45) is 1.60. The fourth-order valence-corrected chi connectivity index (χ4v) is 5.80. The van der Waals surface area contributed by atoms with Crippen molar-refractivity contribution in [1.29, 1.82) is 0 Å². The predicted molar refractivity (Wildman–Crippen MR) is 154 cm³/mol. The summed E-state index contributed by atoms with van der Waals surface area (Å²) in [5.41, 5.74) is 1.49. The van der Waals surface area contributed by atoms with Crippen molar-refractivity contribution in [2.75, 3.05) is 6.61 Å². The van der Waals surface area contributed by atoms with Crippen molar-refractivity contribution in [3.05, 3.63) is 94.6 Å². The minimum absolute atomic E-state index is 0.0863. The predicted octanol–water partition coefficient (Wildman–Crippen LogP) is 8.60. The van der Waals surface area contributed by atoms with Gasteiger partial charge >= 0.3 is 0 Å². The number of ether oxygens (including phenoxy) is 2. The Morgan fingerprint density at radius 2 is 1.84 bits per heavy atom. The van der Waals surface area contributed by atoms with Crippen molar-refractivity contribution in [3.63, 3.8) is 0 Å². The van der Waals surface area contributed by atoms with E-state index < -0.39 is 17.0 Å². The fraction of sp³-hybridized carbons (Fsp3) is 0.154. The molecule has 1 aliphatic rings. The largest absolute Gasteiger partial charge is 0.490 e. The quantitative estimate of drug-likeness (QED) is 0.175. The number of halogens is 5. The van der Waals surface area contributed by atoms with Crippen LogP contribution in [0, 0.1) is 9.39 Å². The average Bonchev–Trinajstić information content (AvgIpc) is 3.09. The van der Waals surface area contributed by atoms with Crippen molar-refractivity contribution in [3.8, 4) is 11.5 Å². The molecule has 0 atom stereocenters. The molecule has 1 saturated heterocycles. The first-order valence-electron chi connectivity index (χ1n) is 10.9. The maximum atomic E-state index is 14.2. The van der Waals surface area contributed by atoms with Crippen molar-refractivity contribution < 1.29 is 23.5 Å². The van der Waals surface area contributed by atoms with E-state index in [4.69, 9.17) is 44.3 Å². The summed E-state index contributed by atoms with van der Waals surface area (Å²) in [5.74, 6) is -0.113. The third-order valence-electron chi connectivity index (χ3n) is 5.27. The third-order valence-corrected chi connectivity index (χ3v) is 7.92. The van der Waals surface area contributed by atoms with Crippen LogP contribution in [0.5, 0.6) is 11.5 Å². The molecule has 0 radical (unpaired) electrons. The minimum atomic E-state index is -0.582. The van der Waals surface area contributed by atoms with Gasteiger partial charge < -0.3 is 9.47 Å². The number of imide groups is 1. The number of rotatable bonds is 8. The number of amides is 2. The van der Waals surface area contributed by atoms with Gasteiger partial charge in [0.2, 0.25) is 0 Å². The Bertz CT molecular complexity index is 1400. The fourth-order valence-electron chi connectivity index (χ4n) is 3.49. The van der Waals surface area contributed by atoms with Gasteiger partial charge in [-0.15, -0.1) is 0 Å². The second-order valence-corrected chi connectivity index (χ2v) is 11.2. The van der Waals surface area contributed by atoms with E-state index in [0.717, 1.165) is 25.8 Å². The molecule has 1 aliphatic heterocycles. The molecular weight excluding hydrogens is 675 g/mol. The highest BCUT2D eigenvalue weighted by Gasteiger charge is 2.36. The van der Waals surface area contributed by atoms with E-state index in [2.05, 4.69) is 22.6 Å². The highest BCUT2D eigenvalue weighted by Crippen LogP contribution is 2.39. The van der Waals surface area contributed by atoms with E-state index in [0.29, 0.717) is 33.7 Å². The molecule has 11 heteroatoms. The summed E-state index contributed by atoms with van der Waals surface area (Å²) < 4.78 is 26.8. The summed E-state index contributed by atoms with van der Waals surface area (Å²) in [4.78, 5) is 26.7. The van der Waals surface area contributed by atoms with Gasteiger partial charge in [0.1, 0.15) is 12.4 Å². The number of benzene rings is 3. The van der Waals surface area contributed by atoms with E-state index >= 15 is 0 Å². The molecule has 0 aliphatic carbocycles. The van der Waals surface area contributed by atoms with E-state index in [9.17, 15) is 14.0 Å². The lowest BCUT2D eigenvalue weighted by Crippen LogP contribution is -2.28. The second kappa shape index (κ2) is 12.3. The van der Waals surface area contributed by atoms with Gasteiger partial charge in [0.05, 0.1) is 21.6 Å². The second-order valence-electron chi connectivity index (χ2n) is 7.76. The third kappa shape index (κ3) is 6.54. The summed E-state index contributed by atoms with van der Waals surface area (Å²) in [5, 5.41) is 0.665. The van der Waals surface area contributed by atoms with Crippen LogP contribution in [-0.2, 0) is 17.9 Å². The highest BCUT2D eigenvalue weighted by molar-refractivity contribution is 14.1. The molecule has 2 amide bonds. The lowest BCUT2D eigenvalue weighted by molar-refractivity contribution is -0.123. The molecule has 0 spiro atoms. The van der Waals surface area contributed by atoms with Gasteiger partial charge in [0.15, 0.2) is 11.5 Å². The zero-order valence-electron chi connectivity index (χ0n) is 19.2. The van der Waals surface area contributed by atoms with Crippen LogP contribution in [0.25, 0.3) is 6.08 Å². The Morgan fingerprint density at radius 1 is 1.05 bits per heavy atom. The Kier molecular flexibility index (Phi) is 9.29. The van der Waals surface area contributed by atoms with E-state index in [1.165, 1.54) is 18.2 Å². The molecule has 5 nitrogen and oxygen atoms in total. The van der Waals surface area contributed by atoms with Gasteiger partial charge in [-0.25, -0.2) is 4.39 Å². The Balaban J connectivity index is 1.58. The monoisotopic (exact) mass is 691 g/mol. The van der Waals surface area contributed by atoms with Gasteiger partial charge in [0.25, 0.3) is 11.1 Å². The molecule has 3 aromatic carbocycles. The highest BCUT2D eigenvalue weighted by atomic mass is 127. The lowest BCUT2D eigenvalue weighted by Gasteiger charge is -2.16. The number of hydrogen-bond donors (Lipinski definition) is 0. The molecule has 0 unspecified atom stereocenters. The van der Waals surface area contributed by atoms with Crippen LogP contribution >= 0.6 is 69.2 Å². The number of thioether (sulfide) groups is 1. The number of hydrogen-bond acceptors (Lipinski definition) is 5. The van der Waals surface area contributed by atoms with Crippen molar-refractivity contribution in [2.45, 2.75) is 20.1 Å². The molecule has 37 heavy (non-hydrogen) atoms. The molecule has 1 heterocycles. The molecule has 3 aromatic rings. The smallest absolute Gasteiger partial charge is 0.293 e. The normalized spacial score (nSPS) is 14.5. The van der Waals surface area contributed by atoms with Gasteiger partial charge in [-0.05, 0) is 89.3 Å². The SMILES string of the molecule is CCOc1cc(/C=C2/SC(=O)N(Cc3c(F)cccc3Cl)C2=O)cc(I)c1OCc1ccc(Cl)cc1Cl.